The van der Waals surface area contributed by atoms with Gasteiger partial charge in [0.15, 0.2) is 5.01 Å². The van der Waals surface area contributed by atoms with Crippen molar-refractivity contribution in [2.75, 3.05) is 0 Å². The molecule has 2 heterocycles. The second-order valence-corrected chi connectivity index (χ2v) is 7.32. The molecule has 0 aliphatic rings. The molecule has 2 aromatic carbocycles. The molecule has 0 atom stereocenters. The maximum absolute atomic E-state index is 9.50. The smallest absolute Gasteiger partial charge is 0.213 e. The molecule has 0 radical (unpaired) electrons. The Morgan fingerprint density at radius 3 is 2.31 bits per heavy atom. The highest BCUT2D eigenvalue weighted by atomic mass is 35.5. The van der Waals surface area contributed by atoms with Gasteiger partial charge in [-0.1, -0.05) is 58.8 Å². The van der Waals surface area contributed by atoms with E-state index in [0.29, 0.717) is 20.6 Å². The van der Waals surface area contributed by atoms with Gasteiger partial charge in [-0.2, -0.15) is 10.4 Å². The molecule has 7 heteroatoms. The third kappa shape index (κ3) is 3.35. The summed E-state index contributed by atoms with van der Waals surface area (Å²) in [6.07, 6.45) is 3.63. The molecule has 0 spiro atoms. The summed E-state index contributed by atoms with van der Waals surface area (Å²) in [5, 5.41) is 15.9. The van der Waals surface area contributed by atoms with Crippen molar-refractivity contribution in [1.29, 1.82) is 5.26 Å². The number of nitriles is 1. The number of hydrogen-bond donors (Lipinski definition) is 0. The van der Waals surface area contributed by atoms with E-state index < -0.39 is 0 Å². The lowest BCUT2D eigenvalue weighted by atomic mass is 10.1. The summed E-state index contributed by atoms with van der Waals surface area (Å²) in [7, 11) is 0. The van der Waals surface area contributed by atoms with Gasteiger partial charge in [0.25, 0.3) is 0 Å². The Labute approximate surface area is 163 Å². The van der Waals surface area contributed by atoms with E-state index in [9.17, 15) is 5.26 Å². The summed E-state index contributed by atoms with van der Waals surface area (Å²) >= 11 is 13.2. The van der Waals surface area contributed by atoms with Gasteiger partial charge in [-0.15, -0.1) is 0 Å². The molecule has 0 saturated carbocycles. The van der Waals surface area contributed by atoms with Crippen LogP contribution in [-0.4, -0.2) is 14.6 Å². The minimum Gasteiger partial charge on any atom is -0.217 e. The largest absolute Gasteiger partial charge is 0.217 e. The monoisotopic (exact) mass is 396 g/mol. The minimum absolute atomic E-state index is 0.482. The summed E-state index contributed by atoms with van der Waals surface area (Å²) in [4.78, 5) is 5.31. The molecular weight excluding hydrogens is 387 g/mol. The number of allylic oxidation sites excluding steroid dienone is 1. The third-order valence-corrected chi connectivity index (χ3v) is 5.17. The van der Waals surface area contributed by atoms with Crippen LogP contribution in [0.2, 0.25) is 10.0 Å². The maximum atomic E-state index is 9.50. The second kappa shape index (κ2) is 6.93. The van der Waals surface area contributed by atoms with Crippen molar-refractivity contribution < 1.29 is 0 Å². The second-order valence-electron chi connectivity index (χ2n) is 5.49. The predicted molar refractivity (Wildman–Crippen MR) is 106 cm³/mol. The molecule has 0 aliphatic heterocycles. The molecular formula is C19H10Cl2N4S. The van der Waals surface area contributed by atoms with E-state index in [1.807, 2.05) is 42.6 Å². The van der Waals surface area contributed by atoms with Crippen molar-refractivity contribution in [2.45, 2.75) is 0 Å². The van der Waals surface area contributed by atoms with Crippen LogP contribution in [0.15, 0.2) is 54.7 Å². The average molecular weight is 397 g/mol. The van der Waals surface area contributed by atoms with Crippen LogP contribution in [0.3, 0.4) is 0 Å². The van der Waals surface area contributed by atoms with E-state index in [-0.39, 0.29) is 0 Å². The molecule has 4 aromatic rings. The lowest BCUT2D eigenvalue weighted by Crippen LogP contribution is -1.85. The first-order chi connectivity index (χ1) is 12.6. The summed E-state index contributed by atoms with van der Waals surface area (Å²) < 4.78 is 1.69. The van der Waals surface area contributed by atoms with E-state index in [1.54, 1.807) is 22.7 Å². The molecule has 0 aliphatic carbocycles. The molecule has 0 amide bonds. The Morgan fingerprint density at radius 2 is 1.69 bits per heavy atom. The molecule has 0 unspecified atom stereocenters. The van der Waals surface area contributed by atoms with Gasteiger partial charge in [-0.25, -0.2) is 9.50 Å². The molecule has 0 N–H and O–H groups in total. The van der Waals surface area contributed by atoms with Crippen molar-refractivity contribution in [3.05, 3.63) is 75.3 Å². The zero-order chi connectivity index (χ0) is 18.1. The van der Waals surface area contributed by atoms with Crippen molar-refractivity contribution in [3.63, 3.8) is 0 Å². The van der Waals surface area contributed by atoms with Gasteiger partial charge in [0.2, 0.25) is 4.96 Å². The average Bonchev–Trinajstić information content (AvgIpc) is 3.21. The molecule has 0 bridgehead atoms. The first kappa shape index (κ1) is 16.8. The van der Waals surface area contributed by atoms with Crippen LogP contribution >= 0.6 is 34.5 Å². The lowest BCUT2D eigenvalue weighted by Gasteiger charge is -1.96. The number of imidazole rings is 1. The van der Waals surface area contributed by atoms with Gasteiger partial charge in [-0.3, -0.25) is 0 Å². The van der Waals surface area contributed by atoms with Crippen molar-refractivity contribution in [1.82, 2.24) is 14.6 Å². The molecule has 126 valence electrons. The SMILES string of the molecule is N#C/C(=C\c1ccc(Cl)cc1)c1nn2cc(-c3ccc(Cl)cc3)nc2s1. The number of halogens is 2. The minimum atomic E-state index is 0.482. The lowest BCUT2D eigenvalue weighted by molar-refractivity contribution is 0.964. The van der Waals surface area contributed by atoms with Crippen LogP contribution in [0.1, 0.15) is 10.6 Å². The fourth-order valence-corrected chi connectivity index (χ4v) is 3.54. The zero-order valence-corrected chi connectivity index (χ0v) is 15.6. The van der Waals surface area contributed by atoms with Crippen LogP contribution in [0.25, 0.3) is 27.9 Å². The molecule has 0 saturated heterocycles. The number of nitrogens with zero attached hydrogens (tertiary/aromatic N) is 4. The van der Waals surface area contributed by atoms with Gasteiger partial charge >= 0.3 is 0 Å². The summed E-state index contributed by atoms with van der Waals surface area (Å²) in [6.45, 7) is 0. The normalized spacial score (nSPS) is 11.7. The molecule has 26 heavy (non-hydrogen) atoms. The fourth-order valence-electron chi connectivity index (χ4n) is 2.44. The van der Waals surface area contributed by atoms with Crippen LogP contribution in [0.4, 0.5) is 0 Å². The molecule has 4 nitrogen and oxygen atoms in total. The van der Waals surface area contributed by atoms with E-state index in [4.69, 9.17) is 23.2 Å². The Morgan fingerprint density at radius 1 is 1.04 bits per heavy atom. The number of rotatable bonds is 3. The van der Waals surface area contributed by atoms with E-state index >= 15 is 0 Å². The summed E-state index contributed by atoms with van der Waals surface area (Å²) in [6, 6.07) is 17.0. The topological polar surface area (TPSA) is 54.0 Å². The van der Waals surface area contributed by atoms with Gasteiger partial charge in [-0.05, 0) is 35.9 Å². The van der Waals surface area contributed by atoms with Crippen LogP contribution in [0, 0.1) is 11.3 Å². The number of fused-ring (bicyclic) bond motifs is 1. The van der Waals surface area contributed by atoms with Crippen molar-refractivity contribution in [3.8, 4) is 17.3 Å². The Kier molecular flexibility index (Phi) is 4.48. The molecule has 4 rings (SSSR count). The number of benzene rings is 2. The Balaban J connectivity index is 1.68. The first-order valence-electron chi connectivity index (χ1n) is 7.62. The van der Waals surface area contributed by atoms with Crippen LogP contribution in [-0.2, 0) is 0 Å². The fraction of sp³-hybridized carbons (Fsp3) is 0. The predicted octanol–water partition coefficient (Wildman–Crippen LogP) is 5.83. The number of hydrogen-bond acceptors (Lipinski definition) is 4. The Bertz CT molecular complexity index is 1120. The highest BCUT2D eigenvalue weighted by molar-refractivity contribution is 7.17. The summed E-state index contributed by atoms with van der Waals surface area (Å²) in [5.74, 6) is 0. The molecule has 0 fully saturated rings. The highest BCUT2D eigenvalue weighted by Crippen LogP contribution is 2.27. The van der Waals surface area contributed by atoms with Crippen LogP contribution in [0.5, 0.6) is 0 Å². The van der Waals surface area contributed by atoms with Gasteiger partial charge in [0, 0.05) is 15.6 Å². The van der Waals surface area contributed by atoms with Crippen LogP contribution < -0.4 is 0 Å². The van der Waals surface area contributed by atoms with E-state index in [0.717, 1.165) is 21.8 Å². The Hall–Kier alpha value is -2.65. The quantitative estimate of drug-likeness (QED) is 0.409. The van der Waals surface area contributed by atoms with Crippen molar-refractivity contribution in [2.24, 2.45) is 0 Å². The van der Waals surface area contributed by atoms with E-state index in [1.165, 1.54) is 11.3 Å². The maximum Gasteiger partial charge on any atom is 0.213 e. The van der Waals surface area contributed by atoms with Gasteiger partial charge in [0.05, 0.1) is 17.5 Å². The standard InChI is InChI=1S/C19H10Cl2N4S/c20-15-5-1-12(2-6-15)9-14(10-22)18-24-25-11-17(23-19(25)26-18)13-3-7-16(21)8-4-13/h1-9,11H/b14-9+. The highest BCUT2D eigenvalue weighted by Gasteiger charge is 2.13. The van der Waals surface area contributed by atoms with E-state index in [2.05, 4.69) is 16.2 Å². The third-order valence-electron chi connectivity index (χ3n) is 3.72. The van der Waals surface area contributed by atoms with Crippen molar-refractivity contribution >= 4 is 51.1 Å². The molecule has 2 aromatic heterocycles. The zero-order valence-electron chi connectivity index (χ0n) is 13.2. The summed E-state index contributed by atoms with van der Waals surface area (Å²) in [5.41, 5.74) is 3.15. The van der Waals surface area contributed by atoms with Gasteiger partial charge in [0.1, 0.15) is 6.07 Å². The van der Waals surface area contributed by atoms with Gasteiger partial charge < -0.3 is 0 Å². The first-order valence-corrected chi connectivity index (χ1v) is 9.19. The number of aromatic nitrogens is 3.